The van der Waals surface area contributed by atoms with Gasteiger partial charge in [-0.1, -0.05) is 42.5 Å². The van der Waals surface area contributed by atoms with E-state index in [1.807, 2.05) is 71.3 Å². The van der Waals surface area contributed by atoms with Gasteiger partial charge in [0.25, 0.3) is 5.91 Å². The zero-order valence-electron chi connectivity index (χ0n) is 16.2. The number of ether oxygens (including phenoxy) is 1. The minimum atomic E-state index is -0.384. The van der Waals surface area contributed by atoms with Crippen LogP contribution in [0.15, 0.2) is 83.9 Å². The monoisotopic (exact) mass is 397 g/mol. The van der Waals surface area contributed by atoms with E-state index in [0.29, 0.717) is 17.5 Å². The summed E-state index contributed by atoms with van der Waals surface area (Å²) in [4.78, 5) is 22.1. The first kappa shape index (κ1) is 17.9. The van der Waals surface area contributed by atoms with Crippen LogP contribution in [0.2, 0.25) is 0 Å². The molecule has 0 radical (unpaired) electrons. The van der Waals surface area contributed by atoms with Gasteiger partial charge in [-0.25, -0.2) is 9.98 Å². The van der Waals surface area contributed by atoms with Crippen molar-refractivity contribution in [1.82, 2.24) is 14.9 Å². The Labute approximate surface area is 173 Å². The maximum Gasteiger partial charge on any atom is 0.257 e. The van der Waals surface area contributed by atoms with E-state index < -0.39 is 0 Å². The minimum Gasteiger partial charge on any atom is -0.497 e. The Kier molecular flexibility index (Phi) is 4.40. The smallest absolute Gasteiger partial charge is 0.257 e. The number of anilines is 1. The number of benzene rings is 3. The molecule has 1 aliphatic heterocycles. The lowest BCUT2D eigenvalue weighted by Crippen LogP contribution is -2.40. The predicted molar refractivity (Wildman–Crippen MR) is 116 cm³/mol. The van der Waals surface area contributed by atoms with Crippen molar-refractivity contribution in [3.8, 4) is 5.75 Å². The van der Waals surface area contributed by atoms with Crippen molar-refractivity contribution in [2.24, 2.45) is 4.99 Å². The zero-order chi connectivity index (χ0) is 20.5. The summed E-state index contributed by atoms with van der Waals surface area (Å²) in [6, 6.07) is 24.6. The Morgan fingerprint density at radius 3 is 2.50 bits per heavy atom. The highest BCUT2D eigenvalue weighted by atomic mass is 16.5. The van der Waals surface area contributed by atoms with Crippen LogP contribution in [0.25, 0.3) is 11.0 Å². The Morgan fingerprint density at radius 2 is 1.73 bits per heavy atom. The van der Waals surface area contributed by atoms with Gasteiger partial charge in [-0.15, -0.1) is 0 Å². The SMILES string of the molecule is COc1ccc([C@H]2N=C(NC(=O)c3ccccc3)Nc3nc4ccccc4n32)cc1. The van der Waals surface area contributed by atoms with Crippen molar-refractivity contribution >= 4 is 28.8 Å². The Hall–Kier alpha value is -4.13. The maximum atomic E-state index is 12.6. The summed E-state index contributed by atoms with van der Waals surface area (Å²) in [5.41, 5.74) is 3.32. The normalized spacial score (nSPS) is 15.1. The van der Waals surface area contributed by atoms with E-state index in [9.17, 15) is 4.79 Å². The van der Waals surface area contributed by atoms with Gasteiger partial charge in [-0.2, -0.15) is 0 Å². The molecule has 5 rings (SSSR count). The highest BCUT2D eigenvalue weighted by Crippen LogP contribution is 2.33. The van der Waals surface area contributed by atoms with E-state index in [4.69, 9.17) is 9.73 Å². The van der Waals surface area contributed by atoms with Crippen molar-refractivity contribution in [1.29, 1.82) is 0 Å². The number of carbonyl (C=O) groups is 1. The number of aromatic nitrogens is 2. The molecular weight excluding hydrogens is 378 g/mol. The number of aliphatic imine (C=N–C) groups is 1. The van der Waals surface area contributed by atoms with Gasteiger partial charge in [0, 0.05) is 5.56 Å². The average Bonchev–Trinajstić information content (AvgIpc) is 3.17. The van der Waals surface area contributed by atoms with Crippen LogP contribution in [0.5, 0.6) is 5.75 Å². The molecule has 30 heavy (non-hydrogen) atoms. The molecule has 3 aromatic carbocycles. The van der Waals surface area contributed by atoms with E-state index in [0.717, 1.165) is 22.3 Å². The second-order valence-electron chi connectivity index (χ2n) is 6.86. The van der Waals surface area contributed by atoms with Crippen molar-refractivity contribution in [3.05, 3.63) is 90.0 Å². The third-order valence-corrected chi connectivity index (χ3v) is 5.00. The quantitative estimate of drug-likeness (QED) is 0.551. The molecule has 2 N–H and O–H groups in total. The lowest BCUT2D eigenvalue weighted by atomic mass is 10.1. The largest absolute Gasteiger partial charge is 0.497 e. The number of fused-ring (bicyclic) bond motifs is 3. The molecule has 0 saturated heterocycles. The van der Waals surface area contributed by atoms with E-state index in [1.165, 1.54) is 0 Å². The van der Waals surface area contributed by atoms with Crippen LogP contribution in [0, 0.1) is 0 Å². The van der Waals surface area contributed by atoms with Crippen molar-refractivity contribution in [3.63, 3.8) is 0 Å². The van der Waals surface area contributed by atoms with Crippen LogP contribution in [0.3, 0.4) is 0 Å². The van der Waals surface area contributed by atoms with Crippen LogP contribution in [0.1, 0.15) is 22.1 Å². The molecule has 2 heterocycles. The fourth-order valence-corrected chi connectivity index (χ4v) is 3.53. The standard InChI is InChI=1S/C23H19N5O2/c1-30-17-13-11-15(12-14-17)20-25-22(26-21(29)16-7-3-2-4-8-16)27-23-24-18-9-5-6-10-19(18)28(20)23/h2-14,20H,1H3,(H2,24,25,26,27,29)/t20-/m0/s1. The molecule has 0 spiro atoms. The van der Waals surface area contributed by atoms with Gasteiger partial charge in [0.05, 0.1) is 18.1 Å². The molecule has 7 heteroatoms. The number of rotatable bonds is 3. The van der Waals surface area contributed by atoms with Gasteiger partial charge in [-0.05, 0) is 42.0 Å². The van der Waals surface area contributed by atoms with Gasteiger partial charge in [-0.3, -0.25) is 20.0 Å². The number of nitrogens with zero attached hydrogens (tertiary/aromatic N) is 3. The van der Waals surface area contributed by atoms with Gasteiger partial charge in [0.1, 0.15) is 5.75 Å². The molecule has 0 fully saturated rings. The molecule has 0 bridgehead atoms. The lowest BCUT2D eigenvalue weighted by molar-refractivity contribution is 0.0976. The van der Waals surface area contributed by atoms with E-state index in [-0.39, 0.29) is 12.1 Å². The third-order valence-electron chi connectivity index (χ3n) is 5.00. The van der Waals surface area contributed by atoms with Gasteiger partial charge >= 0.3 is 0 Å². The number of hydrogen-bond donors (Lipinski definition) is 2. The van der Waals surface area contributed by atoms with Crippen molar-refractivity contribution in [2.75, 3.05) is 12.4 Å². The second-order valence-corrected chi connectivity index (χ2v) is 6.86. The summed E-state index contributed by atoms with van der Waals surface area (Å²) in [7, 11) is 1.64. The summed E-state index contributed by atoms with van der Waals surface area (Å²) in [5, 5.41) is 6.02. The molecule has 1 atom stereocenters. The molecule has 0 unspecified atom stereocenters. The van der Waals surface area contributed by atoms with Crippen LogP contribution >= 0.6 is 0 Å². The van der Waals surface area contributed by atoms with Crippen LogP contribution < -0.4 is 15.4 Å². The van der Waals surface area contributed by atoms with Gasteiger partial charge in [0.2, 0.25) is 11.9 Å². The Morgan fingerprint density at radius 1 is 1.00 bits per heavy atom. The van der Waals surface area contributed by atoms with E-state index in [1.54, 1.807) is 19.2 Å². The molecule has 4 aromatic rings. The number of nitrogens with one attached hydrogen (secondary N) is 2. The number of carbonyl (C=O) groups excluding carboxylic acids is 1. The highest BCUT2D eigenvalue weighted by Gasteiger charge is 2.26. The average molecular weight is 397 g/mol. The van der Waals surface area contributed by atoms with Gasteiger partial charge in [0.15, 0.2) is 6.17 Å². The van der Waals surface area contributed by atoms with E-state index in [2.05, 4.69) is 15.6 Å². The maximum absolute atomic E-state index is 12.6. The number of imidazole rings is 1. The summed E-state index contributed by atoms with van der Waals surface area (Å²) >= 11 is 0. The first-order chi connectivity index (χ1) is 14.7. The predicted octanol–water partition coefficient (Wildman–Crippen LogP) is 3.80. The minimum absolute atomic E-state index is 0.236. The number of guanidine groups is 1. The molecular formula is C23H19N5O2. The summed E-state index contributed by atoms with van der Waals surface area (Å²) in [5.74, 6) is 1.51. The van der Waals surface area contributed by atoms with Crippen molar-refractivity contribution in [2.45, 2.75) is 6.17 Å². The molecule has 0 aliphatic carbocycles. The highest BCUT2D eigenvalue weighted by molar-refractivity contribution is 6.10. The number of amides is 1. The number of hydrogen-bond acceptors (Lipinski definition) is 5. The number of methoxy groups -OCH3 is 1. The topological polar surface area (TPSA) is 80.5 Å². The molecule has 1 amide bonds. The summed E-state index contributed by atoms with van der Waals surface area (Å²) < 4.78 is 7.30. The van der Waals surface area contributed by atoms with E-state index >= 15 is 0 Å². The van der Waals surface area contributed by atoms with Crippen LogP contribution in [-0.2, 0) is 0 Å². The molecule has 7 nitrogen and oxygen atoms in total. The number of para-hydroxylation sites is 2. The Balaban J connectivity index is 1.56. The first-order valence-corrected chi connectivity index (χ1v) is 9.55. The lowest BCUT2D eigenvalue weighted by Gasteiger charge is -2.25. The fourth-order valence-electron chi connectivity index (χ4n) is 3.53. The third kappa shape index (κ3) is 3.16. The molecule has 1 aromatic heterocycles. The molecule has 148 valence electrons. The fraction of sp³-hybridized carbons (Fsp3) is 0.0870. The summed E-state index contributed by atoms with van der Waals surface area (Å²) in [6.07, 6.45) is -0.384. The van der Waals surface area contributed by atoms with Crippen LogP contribution in [-0.4, -0.2) is 28.5 Å². The molecule has 0 saturated carbocycles. The summed E-state index contributed by atoms with van der Waals surface area (Å²) in [6.45, 7) is 0. The first-order valence-electron chi connectivity index (χ1n) is 9.55. The van der Waals surface area contributed by atoms with Crippen molar-refractivity contribution < 1.29 is 9.53 Å². The molecule has 1 aliphatic rings. The van der Waals surface area contributed by atoms with Crippen LogP contribution in [0.4, 0.5) is 5.95 Å². The zero-order valence-corrected chi connectivity index (χ0v) is 16.2. The Bertz CT molecular complexity index is 1250. The van der Waals surface area contributed by atoms with Gasteiger partial charge < -0.3 is 4.74 Å². The second kappa shape index (κ2) is 7.36.